The molecule has 4 bridgehead atoms. The Labute approximate surface area is 159 Å². The van der Waals surface area contributed by atoms with Crippen LogP contribution in [0.1, 0.15) is 85.5 Å². The highest BCUT2D eigenvalue weighted by Crippen LogP contribution is 2.60. The summed E-state index contributed by atoms with van der Waals surface area (Å²) in [4.78, 5) is 25.5. The van der Waals surface area contributed by atoms with Gasteiger partial charge in [0.05, 0.1) is 0 Å². The van der Waals surface area contributed by atoms with Crippen molar-refractivity contribution in [1.29, 1.82) is 0 Å². The van der Waals surface area contributed by atoms with Gasteiger partial charge in [0.2, 0.25) is 11.8 Å². The maximum Gasteiger partial charge on any atom is 0.242 e. The highest BCUT2D eigenvalue weighted by molar-refractivity contribution is 5.90. The predicted molar refractivity (Wildman–Crippen MR) is 105 cm³/mol. The van der Waals surface area contributed by atoms with Crippen LogP contribution >= 0.6 is 0 Å². The number of hydrogen-bond acceptors (Lipinski definition) is 2. The summed E-state index contributed by atoms with van der Waals surface area (Å²) in [6, 6.07) is -0.275. The number of hydrogen-bond donors (Lipinski definition) is 2. The van der Waals surface area contributed by atoms with Crippen molar-refractivity contribution >= 4 is 11.8 Å². The Morgan fingerprint density at radius 2 is 1.42 bits per heavy atom. The molecule has 2 N–H and O–H groups in total. The third-order valence-electron chi connectivity index (χ3n) is 7.07. The Bertz CT molecular complexity index is 493. The first-order valence-electron chi connectivity index (χ1n) is 10.9. The number of rotatable bonds is 8. The van der Waals surface area contributed by atoms with Crippen molar-refractivity contribution in [3.63, 3.8) is 0 Å². The molecule has 4 aliphatic carbocycles. The summed E-state index contributed by atoms with van der Waals surface area (Å²) in [5, 5.41) is 6.14. The quantitative estimate of drug-likeness (QED) is 0.685. The molecule has 26 heavy (non-hydrogen) atoms. The van der Waals surface area contributed by atoms with Crippen LogP contribution in [-0.2, 0) is 9.59 Å². The lowest BCUT2D eigenvalue weighted by Crippen LogP contribution is -2.57. The van der Waals surface area contributed by atoms with Gasteiger partial charge in [-0.2, -0.15) is 0 Å². The Balaban J connectivity index is 1.47. The molecule has 0 spiro atoms. The molecule has 0 aliphatic heterocycles. The van der Waals surface area contributed by atoms with Crippen LogP contribution < -0.4 is 10.6 Å². The maximum atomic E-state index is 13.1. The summed E-state index contributed by atoms with van der Waals surface area (Å²) in [7, 11) is 0. The minimum absolute atomic E-state index is 0.0416. The Hall–Kier alpha value is -1.06. The molecular formula is C22H38N2O2. The molecule has 0 heterocycles. The van der Waals surface area contributed by atoms with E-state index in [0.717, 1.165) is 49.9 Å². The molecule has 0 aromatic heterocycles. The van der Waals surface area contributed by atoms with Gasteiger partial charge in [0.1, 0.15) is 6.04 Å². The van der Waals surface area contributed by atoms with E-state index in [0.29, 0.717) is 5.92 Å². The van der Waals surface area contributed by atoms with E-state index in [1.807, 2.05) is 6.92 Å². The van der Waals surface area contributed by atoms with Gasteiger partial charge in [-0.25, -0.2) is 0 Å². The molecule has 4 rings (SSSR count). The Morgan fingerprint density at radius 3 is 1.92 bits per heavy atom. The van der Waals surface area contributed by atoms with Crippen LogP contribution in [0.3, 0.4) is 0 Å². The number of carbonyl (C=O) groups is 2. The highest BCUT2D eigenvalue weighted by atomic mass is 16.2. The predicted octanol–water partition coefficient (Wildman–Crippen LogP) is 4.04. The van der Waals surface area contributed by atoms with Crippen LogP contribution in [0, 0.1) is 29.1 Å². The lowest BCUT2D eigenvalue weighted by Gasteiger charge is -2.55. The molecule has 4 aliphatic rings. The molecule has 2 atom stereocenters. The monoisotopic (exact) mass is 362 g/mol. The zero-order valence-corrected chi connectivity index (χ0v) is 17.1. The second-order valence-corrected chi connectivity index (χ2v) is 10.1. The first-order chi connectivity index (χ1) is 12.3. The van der Waals surface area contributed by atoms with Gasteiger partial charge in [-0.15, -0.1) is 0 Å². The molecule has 4 fully saturated rings. The van der Waals surface area contributed by atoms with E-state index in [9.17, 15) is 9.59 Å². The van der Waals surface area contributed by atoms with Crippen molar-refractivity contribution in [2.24, 2.45) is 29.1 Å². The molecule has 0 radical (unpaired) electrons. The number of amides is 2. The molecule has 0 unspecified atom stereocenters. The van der Waals surface area contributed by atoms with Gasteiger partial charge in [-0.05, 0) is 82.5 Å². The molecule has 4 saturated carbocycles. The van der Waals surface area contributed by atoms with Crippen LogP contribution in [0.25, 0.3) is 0 Å². The van der Waals surface area contributed by atoms with Gasteiger partial charge in [0, 0.05) is 11.5 Å². The topological polar surface area (TPSA) is 58.2 Å². The summed E-state index contributed by atoms with van der Waals surface area (Å²) in [6.45, 7) is 8.34. The smallest absolute Gasteiger partial charge is 0.242 e. The third kappa shape index (κ3) is 4.43. The third-order valence-corrected chi connectivity index (χ3v) is 7.07. The standard InChI is InChI=1S/C22H38N2O2/c1-14(2)6-5-7-15(3)23-20(25)16(4)24-21(26)22-11-17-8-18(12-22)10-19(9-17)13-22/h14-19H,5-13H2,1-4H3,(H,23,25)(H,24,26)/t15-,16-,17?,18?,19?,22?/m1/s1. The lowest BCUT2D eigenvalue weighted by atomic mass is 9.49. The van der Waals surface area contributed by atoms with Crippen LogP contribution in [-0.4, -0.2) is 23.9 Å². The van der Waals surface area contributed by atoms with Crippen LogP contribution in [0.2, 0.25) is 0 Å². The average molecular weight is 363 g/mol. The molecule has 0 saturated heterocycles. The molecule has 0 aromatic carbocycles. The SMILES string of the molecule is CC(C)CCC[C@@H](C)NC(=O)[C@@H](C)NC(=O)C12CC3CC(CC(C3)C1)C2. The van der Waals surface area contributed by atoms with E-state index >= 15 is 0 Å². The maximum absolute atomic E-state index is 13.1. The van der Waals surface area contributed by atoms with Crippen molar-refractivity contribution in [2.75, 3.05) is 0 Å². The zero-order chi connectivity index (χ0) is 18.9. The van der Waals surface area contributed by atoms with Gasteiger partial charge in [-0.3, -0.25) is 9.59 Å². The number of carbonyl (C=O) groups excluding carboxylic acids is 2. The van der Waals surface area contributed by atoms with E-state index < -0.39 is 6.04 Å². The lowest BCUT2D eigenvalue weighted by molar-refractivity contribution is -0.148. The van der Waals surface area contributed by atoms with Gasteiger partial charge >= 0.3 is 0 Å². The zero-order valence-electron chi connectivity index (χ0n) is 17.1. The van der Waals surface area contributed by atoms with E-state index in [-0.39, 0.29) is 23.3 Å². The molecule has 4 heteroatoms. The van der Waals surface area contributed by atoms with Gasteiger partial charge in [0.25, 0.3) is 0 Å². The Morgan fingerprint density at radius 1 is 0.885 bits per heavy atom. The fourth-order valence-electron chi connectivity index (χ4n) is 6.08. The van der Waals surface area contributed by atoms with Crippen LogP contribution in [0.5, 0.6) is 0 Å². The summed E-state index contributed by atoms with van der Waals surface area (Å²) in [6.07, 6.45) is 10.5. The molecule has 148 valence electrons. The van der Waals surface area contributed by atoms with Crippen LogP contribution in [0.4, 0.5) is 0 Å². The van der Waals surface area contributed by atoms with Crippen molar-refractivity contribution in [1.82, 2.24) is 10.6 Å². The molecule has 4 nitrogen and oxygen atoms in total. The first kappa shape index (κ1) is 19.7. The fraction of sp³-hybridized carbons (Fsp3) is 0.909. The molecule has 2 amide bonds. The second kappa shape index (κ2) is 7.90. The van der Waals surface area contributed by atoms with Gasteiger partial charge in [-0.1, -0.05) is 26.7 Å². The first-order valence-corrected chi connectivity index (χ1v) is 10.9. The van der Waals surface area contributed by atoms with Gasteiger partial charge < -0.3 is 10.6 Å². The van der Waals surface area contributed by atoms with Gasteiger partial charge in [0.15, 0.2) is 0 Å². The molecular weight excluding hydrogens is 324 g/mol. The van der Waals surface area contributed by atoms with Crippen molar-refractivity contribution < 1.29 is 9.59 Å². The largest absolute Gasteiger partial charge is 0.352 e. The van der Waals surface area contributed by atoms with Crippen molar-refractivity contribution in [2.45, 2.75) is 97.6 Å². The average Bonchev–Trinajstić information content (AvgIpc) is 2.52. The van der Waals surface area contributed by atoms with E-state index in [1.54, 1.807) is 0 Å². The van der Waals surface area contributed by atoms with Crippen molar-refractivity contribution in [3.8, 4) is 0 Å². The molecule has 0 aromatic rings. The summed E-state index contributed by atoms with van der Waals surface area (Å²) >= 11 is 0. The summed E-state index contributed by atoms with van der Waals surface area (Å²) in [5.41, 5.74) is -0.174. The minimum Gasteiger partial charge on any atom is -0.352 e. The van der Waals surface area contributed by atoms with Crippen LogP contribution in [0.15, 0.2) is 0 Å². The van der Waals surface area contributed by atoms with E-state index in [4.69, 9.17) is 0 Å². The summed E-state index contributed by atoms with van der Waals surface area (Å²) in [5.74, 6) is 3.05. The Kier molecular flexibility index (Phi) is 5.98. The van der Waals surface area contributed by atoms with E-state index in [2.05, 4.69) is 31.4 Å². The van der Waals surface area contributed by atoms with Crippen molar-refractivity contribution in [3.05, 3.63) is 0 Å². The van der Waals surface area contributed by atoms with E-state index in [1.165, 1.54) is 25.7 Å². The normalized spacial score (nSPS) is 34.6. The fourth-order valence-corrected chi connectivity index (χ4v) is 6.08. The highest BCUT2D eigenvalue weighted by Gasteiger charge is 2.54. The summed E-state index contributed by atoms with van der Waals surface area (Å²) < 4.78 is 0. The second-order valence-electron chi connectivity index (χ2n) is 10.1. The minimum atomic E-state index is -0.442. The number of nitrogens with one attached hydrogen (secondary N) is 2.